The highest BCUT2D eigenvalue weighted by Crippen LogP contribution is 2.19. The second-order valence-electron chi connectivity index (χ2n) is 3.16. The van der Waals surface area contributed by atoms with Crippen molar-refractivity contribution < 1.29 is 0 Å². The maximum Gasteiger partial charge on any atom is 0.266 e. The molecule has 1 heterocycles. The van der Waals surface area contributed by atoms with Crippen LogP contribution in [0.5, 0.6) is 0 Å². The number of hydrogen-bond donors (Lipinski definition) is 1. The molecule has 2 rings (SSSR count). The summed E-state index contributed by atoms with van der Waals surface area (Å²) in [6.45, 7) is 0. The number of halogens is 1. The van der Waals surface area contributed by atoms with E-state index in [9.17, 15) is 4.79 Å². The molecule has 0 spiro atoms. The molecule has 2 nitrogen and oxygen atoms in total. The predicted octanol–water partition coefficient (Wildman–Crippen LogP) is 1.91. The first-order chi connectivity index (χ1) is 5.77. The molecule has 0 bridgehead atoms. The Morgan fingerprint density at radius 1 is 1.33 bits per heavy atom. The van der Waals surface area contributed by atoms with Crippen molar-refractivity contribution in [2.24, 2.45) is 0 Å². The van der Waals surface area contributed by atoms with Crippen molar-refractivity contribution in [2.75, 3.05) is 0 Å². The Balaban J connectivity index is 2.56. The van der Waals surface area contributed by atoms with Gasteiger partial charge in [-0.2, -0.15) is 0 Å². The summed E-state index contributed by atoms with van der Waals surface area (Å²) in [6, 6.07) is 1.80. The van der Waals surface area contributed by atoms with E-state index in [1.54, 1.807) is 6.07 Å². The summed E-state index contributed by atoms with van der Waals surface area (Å²) in [7, 11) is 0. The first-order valence-electron chi connectivity index (χ1n) is 4.18. The van der Waals surface area contributed by atoms with Crippen LogP contribution < -0.4 is 5.56 Å². The van der Waals surface area contributed by atoms with Gasteiger partial charge in [-0.15, -0.1) is 0 Å². The van der Waals surface area contributed by atoms with Crippen LogP contribution in [0.1, 0.15) is 24.1 Å². The van der Waals surface area contributed by atoms with Gasteiger partial charge in [0.2, 0.25) is 0 Å². The van der Waals surface area contributed by atoms with E-state index in [-0.39, 0.29) is 5.56 Å². The number of aromatic nitrogens is 1. The maximum atomic E-state index is 11.1. The van der Waals surface area contributed by atoms with Crippen LogP contribution in [0.4, 0.5) is 0 Å². The molecule has 1 aromatic rings. The molecule has 12 heavy (non-hydrogen) atoms. The molecule has 1 aliphatic rings. The zero-order chi connectivity index (χ0) is 8.55. The molecular weight excluding hydrogens is 174 g/mol. The van der Waals surface area contributed by atoms with Crippen LogP contribution >= 0.6 is 11.6 Å². The van der Waals surface area contributed by atoms with Crippen LogP contribution in [-0.4, -0.2) is 4.98 Å². The molecule has 1 aromatic heterocycles. The lowest BCUT2D eigenvalue weighted by molar-refractivity contribution is 0.665. The molecule has 1 N–H and O–H groups in total. The minimum Gasteiger partial charge on any atom is -0.325 e. The quantitative estimate of drug-likeness (QED) is 0.655. The molecule has 0 saturated carbocycles. The zero-order valence-electron chi connectivity index (χ0n) is 6.69. The summed E-state index contributed by atoms with van der Waals surface area (Å²) in [6.07, 6.45) is 4.41. The highest BCUT2D eigenvalue weighted by molar-refractivity contribution is 6.30. The number of nitrogens with one attached hydrogen (secondary N) is 1. The highest BCUT2D eigenvalue weighted by Gasteiger charge is 2.11. The third kappa shape index (κ3) is 1.27. The van der Waals surface area contributed by atoms with E-state index in [2.05, 4.69) is 4.98 Å². The van der Waals surface area contributed by atoms with Crippen molar-refractivity contribution in [1.82, 2.24) is 4.98 Å². The van der Waals surface area contributed by atoms with Crippen molar-refractivity contribution in [1.29, 1.82) is 0 Å². The molecule has 0 unspecified atom stereocenters. The van der Waals surface area contributed by atoms with E-state index in [1.807, 2.05) is 0 Å². The summed E-state index contributed by atoms with van der Waals surface area (Å²) in [5.41, 5.74) is 2.14. The monoisotopic (exact) mass is 183 g/mol. The minimum atomic E-state index is -0.155. The smallest absolute Gasteiger partial charge is 0.266 e. The average Bonchev–Trinajstić information content (AvgIpc) is 2.07. The van der Waals surface area contributed by atoms with Crippen molar-refractivity contribution in [3.63, 3.8) is 0 Å². The summed E-state index contributed by atoms with van der Waals surface area (Å²) >= 11 is 5.70. The van der Waals surface area contributed by atoms with Crippen LogP contribution in [-0.2, 0) is 12.8 Å². The van der Waals surface area contributed by atoms with Crippen molar-refractivity contribution in [2.45, 2.75) is 25.7 Å². The van der Waals surface area contributed by atoms with Gasteiger partial charge >= 0.3 is 0 Å². The topological polar surface area (TPSA) is 32.9 Å². The Bertz CT molecular complexity index is 356. The van der Waals surface area contributed by atoms with Gasteiger partial charge in [-0.05, 0) is 37.3 Å². The van der Waals surface area contributed by atoms with Gasteiger partial charge in [0.1, 0.15) is 5.02 Å². The molecule has 1 aliphatic carbocycles. The number of rotatable bonds is 0. The van der Waals surface area contributed by atoms with Crippen LogP contribution in [0.3, 0.4) is 0 Å². The van der Waals surface area contributed by atoms with Crippen LogP contribution in [0.25, 0.3) is 0 Å². The third-order valence-corrected chi connectivity index (χ3v) is 2.57. The maximum absolute atomic E-state index is 11.1. The van der Waals surface area contributed by atoms with Gasteiger partial charge in [0.05, 0.1) is 0 Å². The Morgan fingerprint density at radius 3 is 2.92 bits per heavy atom. The van der Waals surface area contributed by atoms with E-state index in [0.717, 1.165) is 18.5 Å². The van der Waals surface area contributed by atoms with Gasteiger partial charge < -0.3 is 4.98 Å². The van der Waals surface area contributed by atoms with Gasteiger partial charge in [-0.25, -0.2) is 0 Å². The molecule has 0 amide bonds. The second-order valence-corrected chi connectivity index (χ2v) is 3.56. The lowest BCUT2D eigenvalue weighted by Gasteiger charge is -2.14. The molecule has 0 aliphatic heterocycles. The minimum absolute atomic E-state index is 0.155. The molecule has 64 valence electrons. The van der Waals surface area contributed by atoms with Crippen molar-refractivity contribution in [3.05, 3.63) is 32.7 Å². The van der Waals surface area contributed by atoms with Crippen LogP contribution in [0.2, 0.25) is 5.02 Å². The first kappa shape index (κ1) is 7.87. The van der Waals surface area contributed by atoms with Gasteiger partial charge in [-0.3, -0.25) is 4.79 Å². The fraction of sp³-hybridized carbons (Fsp3) is 0.444. The molecule has 0 fully saturated rings. The van der Waals surface area contributed by atoms with Gasteiger partial charge in [0.15, 0.2) is 0 Å². The first-order valence-corrected chi connectivity index (χ1v) is 4.56. The van der Waals surface area contributed by atoms with E-state index < -0.39 is 0 Å². The molecule has 0 atom stereocenters. The van der Waals surface area contributed by atoms with E-state index >= 15 is 0 Å². The zero-order valence-corrected chi connectivity index (χ0v) is 7.45. The summed E-state index contributed by atoms with van der Waals surface area (Å²) in [5.74, 6) is 0. The summed E-state index contributed by atoms with van der Waals surface area (Å²) < 4.78 is 0. The lowest BCUT2D eigenvalue weighted by Crippen LogP contribution is -2.15. The SMILES string of the molecule is O=c1[nH]c2c(cc1Cl)CCCC2. The van der Waals surface area contributed by atoms with Crippen LogP contribution in [0.15, 0.2) is 10.9 Å². The number of pyridine rings is 1. The van der Waals surface area contributed by atoms with Gasteiger partial charge in [-0.1, -0.05) is 11.6 Å². The van der Waals surface area contributed by atoms with E-state index in [1.165, 1.54) is 18.4 Å². The fourth-order valence-electron chi connectivity index (χ4n) is 1.65. The number of aryl methyl sites for hydroxylation is 2. The number of fused-ring (bicyclic) bond motifs is 1. The van der Waals surface area contributed by atoms with Crippen molar-refractivity contribution in [3.8, 4) is 0 Å². The number of H-pyrrole nitrogens is 1. The number of aromatic amines is 1. The predicted molar refractivity (Wildman–Crippen MR) is 48.7 cm³/mol. The van der Waals surface area contributed by atoms with Gasteiger partial charge in [0.25, 0.3) is 5.56 Å². The van der Waals surface area contributed by atoms with Crippen LogP contribution in [0, 0.1) is 0 Å². The Kier molecular flexibility index (Phi) is 1.93. The lowest BCUT2D eigenvalue weighted by atomic mass is 9.96. The normalized spacial score (nSPS) is 15.8. The summed E-state index contributed by atoms with van der Waals surface area (Å²) in [4.78, 5) is 13.9. The molecule has 0 aromatic carbocycles. The molecule has 0 saturated heterocycles. The Labute approximate surface area is 75.6 Å². The second kappa shape index (κ2) is 2.94. The average molecular weight is 184 g/mol. The largest absolute Gasteiger partial charge is 0.325 e. The summed E-state index contributed by atoms with van der Waals surface area (Å²) in [5, 5.41) is 0.315. The number of hydrogen-bond acceptors (Lipinski definition) is 1. The highest BCUT2D eigenvalue weighted by atomic mass is 35.5. The standard InChI is InChI=1S/C9H10ClNO/c10-7-5-6-3-1-2-4-8(6)11-9(7)12/h5H,1-4H2,(H,11,12). The van der Waals surface area contributed by atoms with Gasteiger partial charge in [0, 0.05) is 5.69 Å². The Morgan fingerprint density at radius 2 is 2.08 bits per heavy atom. The molecule has 0 radical (unpaired) electrons. The molecule has 3 heteroatoms. The molecular formula is C9H10ClNO. The van der Waals surface area contributed by atoms with Crippen molar-refractivity contribution >= 4 is 11.6 Å². The fourth-order valence-corrected chi connectivity index (χ4v) is 1.82. The van der Waals surface area contributed by atoms with E-state index in [0.29, 0.717) is 5.02 Å². The Hall–Kier alpha value is -0.760. The van der Waals surface area contributed by atoms with E-state index in [4.69, 9.17) is 11.6 Å². The third-order valence-electron chi connectivity index (χ3n) is 2.29.